The van der Waals surface area contributed by atoms with Gasteiger partial charge in [0.25, 0.3) is 0 Å². The van der Waals surface area contributed by atoms with Gasteiger partial charge in [0.1, 0.15) is 0 Å². The Labute approximate surface area is 174 Å². The second-order valence-corrected chi connectivity index (χ2v) is 7.06. The van der Waals surface area contributed by atoms with Crippen molar-refractivity contribution < 1.29 is 4.79 Å². The molecule has 1 fully saturated rings. The Morgan fingerprint density at radius 2 is 1.63 bits per heavy atom. The average molecular weight is 410 g/mol. The van der Waals surface area contributed by atoms with E-state index in [1.165, 1.54) is 27.9 Å². The lowest BCUT2D eigenvalue weighted by Gasteiger charge is -2.43. The summed E-state index contributed by atoms with van der Waals surface area (Å²) in [5.74, 6) is -0.267. The van der Waals surface area contributed by atoms with Crippen molar-refractivity contribution in [2.75, 3.05) is 31.1 Å². The fourth-order valence-corrected chi connectivity index (χ4v) is 4.08. The lowest BCUT2D eigenvalue weighted by molar-refractivity contribution is -0.119. The lowest BCUT2D eigenvalue weighted by atomic mass is 9.99. The third-order valence-corrected chi connectivity index (χ3v) is 4.99. The third kappa shape index (κ3) is 5.38. The number of nitrogens with zero attached hydrogens (tertiary/aromatic N) is 2. The van der Waals surface area contributed by atoms with Gasteiger partial charge in [0.15, 0.2) is 0 Å². The number of carbonyl (C=O) groups is 1. The molecule has 1 aliphatic heterocycles. The molecule has 1 unspecified atom stereocenters. The SMILES string of the molecule is Cc1cc(C)c(N2CCN(CC(N)=O)C(c3ccccc3)C2)c(C)c1.Cl.Cl. The molecule has 2 aromatic rings. The van der Waals surface area contributed by atoms with E-state index in [9.17, 15) is 4.79 Å². The first-order valence-corrected chi connectivity index (χ1v) is 8.86. The number of primary amides is 1. The first kappa shape index (κ1) is 23.3. The summed E-state index contributed by atoms with van der Waals surface area (Å²) in [6.45, 7) is 9.41. The lowest BCUT2D eigenvalue weighted by Crippen LogP contribution is -2.51. The van der Waals surface area contributed by atoms with Gasteiger partial charge in [0, 0.05) is 25.3 Å². The Bertz CT molecular complexity index is 744. The maximum Gasteiger partial charge on any atom is 0.231 e. The molecule has 0 bridgehead atoms. The van der Waals surface area contributed by atoms with E-state index in [-0.39, 0.29) is 36.8 Å². The van der Waals surface area contributed by atoms with Crippen LogP contribution in [0.1, 0.15) is 28.3 Å². The topological polar surface area (TPSA) is 49.6 Å². The van der Waals surface area contributed by atoms with E-state index in [4.69, 9.17) is 5.73 Å². The Hall–Kier alpha value is -1.75. The van der Waals surface area contributed by atoms with Crippen LogP contribution < -0.4 is 10.6 Å². The van der Waals surface area contributed by atoms with Crippen LogP contribution in [0.15, 0.2) is 42.5 Å². The molecule has 1 heterocycles. The van der Waals surface area contributed by atoms with E-state index in [1.807, 2.05) is 6.07 Å². The number of hydrogen-bond donors (Lipinski definition) is 1. The third-order valence-electron chi connectivity index (χ3n) is 4.99. The molecule has 0 radical (unpaired) electrons. The zero-order valence-electron chi connectivity index (χ0n) is 16.1. The van der Waals surface area contributed by atoms with Crippen molar-refractivity contribution >= 4 is 36.4 Å². The molecule has 2 N–H and O–H groups in total. The smallest absolute Gasteiger partial charge is 0.231 e. The first-order valence-electron chi connectivity index (χ1n) is 8.86. The van der Waals surface area contributed by atoms with Crippen molar-refractivity contribution in [2.24, 2.45) is 5.73 Å². The monoisotopic (exact) mass is 409 g/mol. The van der Waals surface area contributed by atoms with E-state index in [0.29, 0.717) is 6.54 Å². The van der Waals surface area contributed by atoms with E-state index in [0.717, 1.165) is 19.6 Å². The molecule has 4 nitrogen and oxygen atoms in total. The molecule has 6 heteroatoms. The second-order valence-electron chi connectivity index (χ2n) is 7.06. The number of benzene rings is 2. The predicted octanol–water partition coefficient (Wildman–Crippen LogP) is 3.80. The number of halogens is 2. The van der Waals surface area contributed by atoms with Crippen LogP contribution in [0.3, 0.4) is 0 Å². The number of rotatable bonds is 4. The Morgan fingerprint density at radius 1 is 1.04 bits per heavy atom. The maximum absolute atomic E-state index is 11.5. The van der Waals surface area contributed by atoms with E-state index < -0.39 is 0 Å². The molecular weight excluding hydrogens is 381 g/mol. The summed E-state index contributed by atoms with van der Waals surface area (Å²) in [5.41, 5.74) is 12.0. The Kier molecular flexibility index (Phi) is 8.60. The van der Waals surface area contributed by atoms with Crippen LogP contribution in [-0.2, 0) is 4.79 Å². The van der Waals surface area contributed by atoms with Gasteiger partial charge in [-0.2, -0.15) is 0 Å². The summed E-state index contributed by atoms with van der Waals surface area (Å²) >= 11 is 0. The number of amides is 1. The molecule has 0 aliphatic carbocycles. The zero-order chi connectivity index (χ0) is 18.0. The van der Waals surface area contributed by atoms with Crippen LogP contribution in [0.5, 0.6) is 0 Å². The molecule has 2 aromatic carbocycles. The highest BCUT2D eigenvalue weighted by Crippen LogP contribution is 2.32. The minimum absolute atomic E-state index is 0. The Balaban J connectivity index is 0.00000182. The number of carbonyl (C=O) groups excluding carboxylic acids is 1. The Morgan fingerprint density at radius 3 is 2.19 bits per heavy atom. The van der Waals surface area contributed by atoms with Gasteiger partial charge in [0.2, 0.25) is 5.91 Å². The van der Waals surface area contributed by atoms with Gasteiger partial charge in [-0.15, -0.1) is 24.8 Å². The summed E-state index contributed by atoms with van der Waals surface area (Å²) in [4.78, 5) is 16.2. The van der Waals surface area contributed by atoms with Gasteiger partial charge in [-0.05, 0) is 37.5 Å². The van der Waals surface area contributed by atoms with Crippen molar-refractivity contribution in [1.29, 1.82) is 0 Å². The molecule has 0 aromatic heterocycles. The molecule has 27 heavy (non-hydrogen) atoms. The van der Waals surface area contributed by atoms with Gasteiger partial charge in [-0.3, -0.25) is 9.69 Å². The fraction of sp³-hybridized carbons (Fsp3) is 0.381. The highest BCUT2D eigenvalue weighted by atomic mass is 35.5. The van der Waals surface area contributed by atoms with Gasteiger partial charge in [-0.1, -0.05) is 48.0 Å². The molecule has 1 saturated heterocycles. The van der Waals surface area contributed by atoms with E-state index in [2.05, 4.69) is 67.0 Å². The highest BCUT2D eigenvalue weighted by Gasteiger charge is 2.30. The number of nitrogens with two attached hydrogens (primary N) is 1. The zero-order valence-corrected chi connectivity index (χ0v) is 17.8. The van der Waals surface area contributed by atoms with Crippen LogP contribution in [0.25, 0.3) is 0 Å². The van der Waals surface area contributed by atoms with Crippen LogP contribution >= 0.6 is 24.8 Å². The minimum atomic E-state index is -0.267. The summed E-state index contributed by atoms with van der Waals surface area (Å²) in [7, 11) is 0. The van der Waals surface area contributed by atoms with Crippen molar-refractivity contribution in [1.82, 2.24) is 4.90 Å². The van der Waals surface area contributed by atoms with E-state index >= 15 is 0 Å². The maximum atomic E-state index is 11.5. The standard InChI is InChI=1S/C21H27N3O.2ClH/c1-15-11-16(2)21(17(3)12-15)24-10-9-23(14-20(22)25)19(13-24)18-7-5-4-6-8-18;;/h4-8,11-12,19H,9-10,13-14H2,1-3H3,(H2,22,25);2*1H. The molecule has 0 saturated carbocycles. The molecule has 148 valence electrons. The summed E-state index contributed by atoms with van der Waals surface area (Å²) in [6, 6.07) is 15.1. The minimum Gasteiger partial charge on any atom is -0.369 e. The molecule has 1 amide bonds. The molecule has 1 atom stereocenters. The number of piperazine rings is 1. The fourth-order valence-electron chi connectivity index (χ4n) is 4.08. The van der Waals surface area contributed by atoms with Gasteiger partial charge >= 0.3 is 0 Å². The van der Waals surface area contributed by atoms with Crippen LogP contribution in [0.4, 0.5) is 5.69 Å². The molecule has 0 spiro atoms. The number of hydrogen-bond acceptors (Lipinski definition) is 3. The van der Waals surface area contributed by atoms with Crippen LogP contribution in [0.2, 0.25) is 0 Å². The van der Waals surface area contributed by atoms with Gasteiger partial charge in [-0.25, -0.2) is 0 Å². The number of anilines is 1. The largest absolute Gasteiger partial charge is 0.369 e. The van der Waals surface area contributed by atoms with Crippen LogP contribution in [-0.4, -0.2) is 37.0 Å². The summed E-state index contributed by atoms with van der Waals surface area (Å²) < 4.78 is 0. The van der Waals surface area contributed by atoms with Crippen LogP contribution in [0, 0.1) is 20.8 Å². The first-order chi connectivity index (χ1) is 12.0. The van der Waals surface area contributed by atoms with Crippen molar-refractivity contribution in [3.05, 3.63) is 64.7 Å². The van der Waals surface area contributed by atoms with E-state index in [1.54, 1.807) is 0 Å². The van der Waals surface area contributed by atoms with Crippen molar-refractivity contribution in [3.63, 3.8) is 0 Å². The van der Waals surface area contributed by atoms with Gasteiger partial charge in [0.05, 0.1) is 12.6 Å². The predicted molar refractivity (Wildman–Crippen MR) is 117 cm³/mol. The second kappa shape index (κ2) is 9.98. The number of aryl methyl sites for hydroxylation is 3. The quantitative estimate of drug-likeness (QED) is 0.834. The molecular formula is C21H29Cl2N3O. The van der Waals surface area contributed by atoms with Gasteiger partial charge < -0.3 is 10.6 Å². The van der Waals surface area contributed by atoms with Crippen molar-refractivity contribution in [2.45, 2.75) is 26.8 Å². The average Bonchev–Trinajstić information content (AvgIpc) is 2.55. The van der Waals surface area contributed by atoms with Crippen molar-refractivity contribution in [3.8, 4) is 0 Å². The summed E-state index contributed by atoms with van der Waals surface area (Å²) in [6.07, 6.45) is 0. The normalized spacial score (nSPS) is 17.0. The highest BCUT2D eigenvalue weighted by molar-refractivity contribution is 5.85. The molecule has 1 aliphatic rings. The summed E-state index contributed by atoms with van der Waals surface area (Å²) in [5, 5.41) is 0. The molecule has 3 rings (SSSR count).